The second kappa shape index (κ2) is 9.06. The van der Waals surface area contributed by atoms with Gasteiger partial charge in [-0.1, -0.05) is 22.9 Å². The van der Waals surface area contributed by atoms with Crippen LogP contribution in [0.1, 0.15) is 11.1 Å². The topological polar surface area (TPSA) is 113 Å². The molecular formula is C24H28N6O4S. The van der Waals surface area contributed by atoms with E-state index in [0.29, 0.717) is 23.1 Å². The lowest BCUT2D eigenvalue weighted by Gasteiger charge is -2.36. The zero-order chi connectivity index (χ0) is 24.7. The molecule has 2 aromatic carbocycles. The Morgan fingerprint density at radius 3 is 2.54 bits per heavy atom. The molecule has 0 amide bonds. The van der Waals surface area contributed by atoms with E-state index in [1.165, 1.54) is 4.52 Å². The maximum absolute atomic E-state index is 13.4. The van der Waals surface area contributed by atoms with Crippen LogP contribution in [0.25, 0.3) is 16.6 Å². The molecule has 3 heterocycles. The number of nitrogens with zero attached hydrogens (tertiary/aromatic N) is 5. The number of anilines is 1. The number of rotatable bonds is 6. The van der Waals surface area contributed by atoms with Gasteiger partial charge in [0, 0.05) is 45.5 Å². The van der Waals surface area contributed by atoms with Crippen molar-refractivity contribution in [1.82, 2.24) is 24.7 Å². The van der Waals surface area contributed by atoms with Gasteiger partial charge in [-0.05, 0) is 43.7 Å². The molecular weight excluding hydrogens is 468 g/mol. The summed E-state index contributed by atoms with van der Waals surface area (Å²) >= 11 is 0. The standard InChI is InChI=1S/C24H28N6O4S/c1-16-4-7-21(17(2)14-16)35(32,33)24-22-25-23(31)19-6-5-18(15-20(19)30(22)27-26-24)29-10-8-28(9-11-29)12-13-34-3/h4-7,14-15H,8-13H2,1-3H3,(H,25,31). The summed E-state index contributed by atoms with van der Waals surface area (Å²) in [7, 11) is -2.29. The van der Waals surface area contributed by atoms with Gasteiger partial charge >= 0.3 is 0 Å². The zero-order valence-electron chi connectivity index (χ0n) is 20.0. The van der Waals surface area contributed by atoms with Crippen LogP contribution >= 0.6 is 0 Å². The summed E-state index contributed by atoms with van der Waals surface area (Å²) < 4.78 is 33.5. The lowest BCUT2D eigenvalue weighted by Crippen LogP contribution is -2.47. The SMILES string of the molecule is COCCN1CCN(c2ccc3c(=O)[nH]c4c(S(=O)(=O)c5ccc(C)cc5C)nnn4c3c2)CC1. The molecule has 0 unspecified atom stereocenters. The van der Waals surface area contributed by atoms with Crippen LogP contribution in [-0.2, 0) is 14.6 Å². The molecule has 0 spiro atoms. The van der Waals surface area contributed by atoms with Gasteiger partial charge in [-0.3, -0.25) is 9.69 Å². The van der Waals surface area contributed by atoms with E-state index in [-0.39, 0.29) is 21.1 Å². The van der Waals surface area contributed by atoms with Crippen molar-refractivity contribution in [3.8, 4) is 0 Å². The Hall–Kier alpha value is -3.28. The fourth-order valence-corrected chi connectivity index (χ4v) is 6.11. The fraction of sp³-hybridized carbons (Fsp3) is 0.375. The van der Waals surface area contributed by atoms with Crippen molar-refractivity contribution in [2.45, 2.75) is 23.8 Å². The number of sulfone groups is 1. The molecule has 184 valence electrons. The number of benzene rings is 2. The van der Waals surface area contributed by atoms with E-state index in [0.717, 1.165) is 44.0 Å². The third-order valence-electron chi connectivity index (χ3n) is 6.55. The van der Waals surface area contributed by atoms with E-state index in [9.17, 15) is 13.2 Å². The third-order valence-corrected chi connectivity index (χ3v) is 8.37. The minimum atomic E-state index is -3.99. The van der Waals surface area contributed by atoms with Crippen LogP contribution in [0.2, 0.25) is 0 Å². The first-order valence-electron chi connectivity index (χ1n) is 11.5. The van der Waals surface area contributed by atoms with Gasteiger partial charge in [-0.2, -0.15) is 4.52 Å². The predicted molar refractivity (Wildman–Crippen MR) is 133 cm³/mol. The summed E-state index contributed by atoms with van der Waals surface area (Å²) in [5.41, 5.74) is 2.71. The minimum Gasteiger partial charge on any atom is -0.383 e. The number of H-pyrrole nitrogens is 1. The summed E-state index contributed by atoms with van der Waals surface area (Å²) in [5.74, 6) is 0. The highest BCUT2D eigenvalue weighted by atomic mass is 32.2. The van der Waals surface area contributed by atoms with E-state index in [4.69, 9.17) is 4.74 Å². The monoisotopic (exact) mass is 496 g/mol. The lowest BCUT2D eigenvalue weighted by atomic mass is 10.2. The number of aromatic amines is 1. The van der Waals surface area contributed by atoms with Crippen molar-refractivity contribution in [1.29, 1.82) is 0 Å². The molecule has 11 heteroatoms. The zero-order valence-corrected chi connectivity index (χ0v) is 20.8. The Morgan fingerprint density at radius 1 is 1.06 bits per heavy atom. The van der Waals surface area contributed by atoms with Gasteiger partial charge in [0.15, 0.2) is 5.65 Å². The molecule has 0 atom stereocenters. The van der Waals surface area contributed by atoms with Gasteiger partial charge in [0.2, 0.25) is 14.9 Å². The molecule has 4 aromatic rings. The molecule has 0 aliphatic carbocycles. The summed E-state index contributed by atoms with van der Waals surface area (Å²) in [6, 6.07) is 10.7. The van der Waals surface area contributed by atoms with E-state index < -0.39 is 9.84 Å². The van der Waals surface area contributed by atoms with Gasteiger partial charge in [0.1, 0.15) is 0 Å². The van der Waals surface area contributed by atoms with Crippen LogP contribution < -0.4 is 10.5 Å². The van der Waals surface area contributed by atoms with E-state index >= 15 is 0 Å². The second-order valence-corrected chi connectivity index (χ2v) is 10.7. The Kier molecular flexibility index (Phi) is 6.07. The number of fused-ring (bicyclic) bond motifs is 3. The quantitative estimate of drug-likeness (QED) is 0.430. The van der Waals surface area contributed by atoms with Crippen molar-refractivity contribution in [3.05, 3.63) is 57.9 Å². The maximum atomic E-state index is 13.4. The first-order valence-corrected chi connectivity index (χ1v) is 13.0. The number of hydrogen-bond donors (Lipinski definition) is 1. The third kappa shape index (κ3) is 4.19. The molecule has 1 aliphatic rings. The Labute approximate surface area is 203 Å². The molecule has 1 fully saturated rings. The van der Waals surface area contributed by atoms with Crippen LogP contribution in [-0.4, -0.2) is 79.6 Å². The van der Waals surface area contributed by atoms with E-state index in [2.05, 4.69) is 25.1 Å². The smallest absolute Gasteiger partial charge is 0.259 e. The van der Waals surface area contributed by atoms with E-state index in [1.54, 1.807) is 38.3 Å². The summed E-state index contributed by atoms with van der Waals surface area (Å²) in [4.78, 5) is 20.3. The van der Waals surface area contributed by atoms with Crippen molar-refractivity contribution in [2.24, 2.45) is 0 Å². The number of aromatic nitrogens is 4. The number of nitrogens with one attached hydrogen (secondary N) is 1. The Balaban J connectivity index is 1.56. The average molecular weight is 497 g/mol. The largest absolute Gasteiger partial charge is 0.383 e. The lowest BCUT2D eigenvalue weighted by molar-refractivity contribution is 0.144. The van der Waals surface area contributed by atoms with Crippen molar-refractivity contribution >= 4 is 32.1 Å². The van der Waals surface area contributed by atoms with Gasteiger partial charge in [0.25, 0.3) is 5.56 Å². The maximum Gasteiger partial charge on any atom is 0.259 e. The molecule has 0 radical (unpaired) electrons. The van der Waals surface area contributed by atoms with Gasteiger partial charge < -0.3 is 14.6 Å². The fourth-order valence-electron chi connectivity index (χ4n) is 4.64. The molecule has 35 heavy (non-hydrogen) atoms. The minimum absolute atomic E-state index is 0.0593. The van der Waals surface area contributed by atoms with Crippen LogP contribution in [0, 0.1) is 13.8 Å². The summed E-state index contributed by atoms with van der Waals surface area (Å²) in [5, 5.41) is 8.29. The molecule has 0 bridgehead atoms. The highest BCUT2D eigenvalue weighted by Gasteiger charge is 2.28. The first-order chi connectivity index (χ1) is 16.8. The van der Waals surface area contributed by atoms with Crippen molar-refractivity contribution < 1.29 is 13.2 Å². The Morgan fingerprint density at radius 2 is 1.83 bits per heavy atom. The molecule has 5 rings (SSSR count). The van der Waals surface area contributed by atoms with Crippen LogP contribution in [0.5, 0.6) is 0 Å². The van der Waals surface area contributed by atoms with Gasteiger partial charge in [0.05, 0.1) is 22.4 Å². The van der Waals surface area contributed by atoms with Gasteiger partial charge in [-0.25, -0.2) is 8.42 Å². The van der Waals surface area contributed by atoms with Crippen LogP contribution in [0.3, 0.4) is 0 Å². The van der Waals surface area contributed by atoms with E-state index in [1.807, 2.05) is 19.1 Å². The van der Waals surface area contributed by atoms with Crippen LogP contribution in [0.15, 0.2) is 51.1 Å². The second-order valence-electron chi connectivity index (χ2n) is 8.90. The molecule has 1 saturated heterocycles. The van der Waals surface area contributed by atoms with Gasteiger partial charge in [-0.15, -0.1) is 5.10 Å². The molecule has 2 aromatic heterocycles. The number of methoxy groups -OCH3 is 1. The number of aryl methyl sites for hydroxylation is 2. The normalized spacial score (nSPS) is 15.3. The highest BCUT2D eigenvalue weighted by molar-refractivity contribution is 7.91. The molecule has 1 aliphatic heterocycles. The molecule has 10 nitrogen and oxygen atoms in total. The number of ether oxygens (including phenoxy) is 1. The highest BCUT2D eigenvalue weighted by Crippen LogP contribution is 2.27. The van der Waals surface area contributed by atoms with Crippen molar-refractivity contribution in [2.75, 3.05) is 51.3 Å². The number of hydrogen-bond acceptors (Lipinski definition) is 8. The molecule has 1 N–H and O–H groups in total. The predicted octanol–water partition coefficient (Wildman–Crippen LogP) is 1.79. The average Bonchev–Trinajstić information content (AvgIpc) is 3.27. The number of piperazine rings is 1. The van der Waals surface area contributed by atoms with Crippen molar-refractivity contribution in [3.63, 3.8) is 0 Å². The van der Waals surface area contributed by atoms with Crippen LogP contribution in [0.4, 0.5) is 5.69 Å². The first kappa shape index (κ1) is 23.5. The Bertz CT molecular complexity index is 1570. The summed E-state index contributed by atoms with van der Waals surface area (Å²) in [6.07, 6.45) is 0. The molecule has 0 saturated carbocycles. The summed E-state index contributed by atoms with van der Waals surface area (Å²) in [6.45, 7) is 8.74.